The summed E-state index contributed by atoms with van der Waals surface area (Å²) in [7, 11) is 0. The Morgan fingerprint density at radius 2 is 1.55 bits per heavy atom. The van der Waals surface area contributed by atoms with E-state index in [1.807, 2.05) is 29.2 Å². The number of benzene rings is 1. The van der Waals surface area contributed by atoms with Crippen molar-refractivity contribution in [3.8, 4) is 5.75 Å². The second-order valence-corrected chi connectivity index (χ2v) is 8.01. The van der Waals surface area contributed by atoms with Gasteiger partial charge < -0.3 is 20.1 Å². The maximum Gasteiger partial charge on any atom is 0.490 e. The van der Waals surface area contributed by atoms with Crippen LogP contribution in [0.1, 0.15) is 31.7 Å². The van der Waals surface area contributed by atoms with Gasteiger partial charge >= 0.3 is 24.1 Å². The number of alkyl halides is 3. The van der Waals surface area contributed by atoms with Crippen molar-refractivity contribution in [2.24, 2.45) is 10.8 Å². The van der Waals surface area contributed by atoms with Crippen molar-refractivity contribution in [1.82, 2.24) is 4.90 Å². The molecule has 0 unspecified atom stereocenters. The summed E-state index contributed by atoms with van der Waals surface area (Å²) in [5, 5.41) is 26.0. The predicted molar refractivity (Wildman–Crippen MR) is 101 cm³/mol. The monoisotopic (exact) mass is 447 g/mol. The highest BCUT2D eigenvalue weighted by atomic mass is 19.4. The van der Waals surface area contributed by atoms with Gasteiger partial charge in [0, 0.05) is 19.6 Å². The van der Waals surface area contributed by atoms with Crippen molar-refractivity contribution in [3.05, 3.63) is 29.8 Å². The number of carboxylic acids is 3. The molecular weight excluding hydrogens is 423 g/mol. The maximum absolute atomic E-state index is 11.5. The molecule has 1 heterocycles. The lowest BCUT2D eigenvalue weighted by molar-refractivity contribution is -0.192. The van der Waals surface area contributed by atoms with Crippen molar-refractivity contribution >= 4 is 17.9 Å². The van der Waals surface area contributed by atoms with Crippen LogP contribution in [0.15, 0.2) is 24.3 Å². The Labute approximate surface area is 176 Å². The number of hydrogen-bond acceptors (Lipinski definition) is 5. The van der Waals surface area contributed by atoms with Crippen LogP contribution >= 0.6 is 0 Å². The molecule has 1 aromatic rings. The lowest BCUT2D eigenvalue weighted by Crippen LogP contribution is -2.32. The van der Waals surface area contributed by atoms with Crippen LogP contribution < -0.4 is 4.74 Å². The normalized spacial score (nSPS) is 24.7. The number of halogens is 3. The Morgan fingerprint density at radius 3 is 1.97 bits per heavy atom. The van der Waals surface area contributed by atoms with E-state index in [1.165, 1.54) is 0 Å². The lowest BCUT2D eigenvalue weighted by atomic mass is 9.97. The molecule has 3 N–H and O–H groups in total. The van der Waals surface area contributed by atoms with E-state index in [1.54, 1.807) is 0 Å². The summed E-state index contributed by atoms with van der Waals surface area (Å²) >= 11 is 0. The second kappa shape index (κ2) is 8.74. The van der Waals surface area contributed by atoms with Crippen LogP contribution in [0.3, 0.4) is 0 Å². The number of ether oxygens (including phenoxy) is 1. The number of para-hydroxylation sites is 1. The number of hydrogen-bond donors (Lipinski definition) is 3. The van der Waals surface area contributed by atoms with Crippen LogP contribution in [0, 0.1) is 10.8 Å². The predicted octanol–water partition coefficient (Wildman–Crippen LogP) is 2.68. The Bertz CT molecular complexity index is 829. The molecule has 11 heteroatoms. The molecule has 1 saturated heterocycles. The summed E-state index contributed by atoms with van der Waals surface area (Å²) in [4.78, 5) is 33.8. The van der Waals surface area contributed by atoms with Crippen molar-refractivity contribution in [1.29, 1.82) is 0 Å². The number of aliphatic carboxylic acids is 3. The third-order valence-corrected chi connectivity index (χ3v) is 5.65. The number of piperidine rings is 1. The van der Waals surface area contributed by atoms with Gasteiger partial charge in [0.2, 0.25) is 0 Å². The van der Waals surface area contributed by atoms with Crippen LogP contribution in [0.5, 0.6) is 5.75 Å². The molecule has 2 fully saturated rings. The zero-order valence-electron chi connectivity index (χ0n) is 17.0. The topological polar surface area (TPSA) is 124 Å². The summed E-state index contributed by atoms with van der Waals surface area (Å²) in [6.07, 6.45) is -4.85. The molecule has 3 rings (SSSR count). The molecule has 0 aromatic heterocycles. The third kappa shape index (κ3) is 4.92. The van der Waals surface area contributed by atoms with Crippen molar-refractivity contribution in [2.75, 3.05) is 26.2 Å². The smallest absolute Gasteiger partial charge is 0.490 e. The Morgan fingerprint density at radius 1 is 1.06 bits per heavy atom. The SMILES string of the molecule is CC(C)c1ccccc1OCCN1C[C@@]2(C(=O)O)C[C@@]2(C(=O)O)C1.O=C(O)C(F)(F)F. The molecule has 1 aromatic carbocycles. The first-order valence-corrected chi connectivity index (χ1v) is 9.48. The Kier molecular flexibility index (Phi) is 6.89. The van der Waals surface area contributed by atoms with E-state index in [2.05, 4.69) is 13.8 Å². The number of likely N-dealkylation sites (tertiary alicyclic amines) is 1. The van der Waals surface area contributed by atoms with Crippen molar-refractivity contribution in [3.63, 3.8) is 0 Å². The number of carboxylic acid groups (broad SMARTS) is 3. The van der Waals surface area contributed by atoms with Gasteiger partial charge in [-0.3, -0.25) is 14.5 Å². The van der Waals surface area contributed by atoms with E-state index >= 15 is 0 Å². The standard InChI is InChI=1S/C18H23NO5.C2HF3O2/c1-12(2)13-5-3-4-6-14(13)24-8-7-19-10-17(15(20)21)9-18(17,11-19)16(22)23;3-2(4,5)1(6)7/h3-6,12H,7-11H2,1-2H3,(H,20,21)(H,22,23);(H,6,7)/t17-,18+;. The van der Waals surface area contributed by atoms with E-state index in [9.17, 15) is 33.0 Å². The summed E-state index contributed by atoms with van der Waals surface area (Å²) < 4.78 is 37.6. The second-order valence-electron chi connectivity index (χ2n) is 8.01. The van der Waals surface area contributed by atoms with Crippen LogP contribution in [-0.4, -0.2) is 70.5 Å². The molecule has 0 bridgehead atoms. The van der Waals surface area contributed by atoms with Gasteiger partial charge in [0.15, 0.2) is 0 Å². The quantitative estimate of drug-likeness (QED) is 0.583. The largest absolute Gasteiger partial charge is 0.492 e. The van der Waals surface area contributed by atoms with Crippen LogP contribution in [-0.2, 0) is 14.4 Å². The fourth-order valence-corrected chi connectivity index (χ4v) is 3.93. The summed E-state index contributed by atoms with van der Waals surface area (Å²) in [5.41, 5.74) is -1.10. The van der Waals surface area contributed by atoms with Gasteiger partial charge in [-0.2, -0.15) is 13.2 Å². The van der Waals surface area contributed by atoms with Crippen LogP contribution in [0.2, 0.25) is 0 Å². The van der Waals surface area contributed by atoms with E-state index < -0.39 is 34.9 Å². The Hall–Kier alpha value is -2.82. The zero-order chi connectivity index (χ0) is 23.6. The van der Waals surface area contributed by atoms with E-state index in [-0.39, 0.29) is 19.5 Å². The fourth-order valence-electron chi connectivity index (χ4n) is 3.93. The average molecular weight is 447 g/mol. The minimum Gasteiger partial charge on any atom is -0.492 e. The fraction of sp³-hybridized carbons (Fsp3) is 0.550. The first-order chi connectivity index (χ1) is 14.3. The van der Waals surface area contributed by atoms with Gasteiger partial charge in [0.25, 0.3) is 0 Å². The highest BCUT2D eigenvalue weighted by molar-refractivity contribution is 5.94. The molecule has 0 radical (unpaired) electrons. The van der Waals surface area contributed by atoms with Crippen LogP contribution in [0.25, 0.3) is 0 Å². The first kappa shape index (κ1) is 24.4. The molecule has 1 aliphatic heterocycles. The lowest BCUT2D eigenvalue weighted by Gasteiger charge is -2.20. The molecule has 2 aliphatic rings. The van der Waals surface area contributed by atoms with E-state index in [4.69, 9.17) is 14.6 Å². The molecule has 172 valence electrons. The van der Waals surface area contributed by atoms with Crippen LogP contribution in [0.4, 0.5) is 13.2 Å². The van der Waals surface area contributed by atoms with E-state index in [0.29, 0.717) is 19.1 Å². The molecule has 1 saturated carbocycles. The zero-order valence-corrected chi connectivity index (χ0v) is 17.0. The molecule has 8 nitrogen and oxygen atoms in total. The number of carbonyl (C=O) groups is 3. The molecule has 31 heavy (non-hydrogen) atoms. The maximum atomic E-state index is 11.5. The van der Waals surface area contributed by atoms with Gasteiger partial charge in [0.05, 0.1) is 10.8 Å². The number of nitrogens with zero attached hydrogens (tertiary/aromatic N) is 1. The van der Waals surface area contributed by atoms with Crippen molar-refractivity contribution in [2.45, 2.75) is 32.4 Å². The van der Waals surface area contributed by atoms with Gasteiger partial charge in [-0.05, 0) is 24.0 Å². The van der Waals surface area contributed by atoms with Gasteiger partial charge in [-0.1, -0.05) is 32.0 Å². The van der Waals surface area contributed by atoms with Gasteiger partial charge in [0.1, 0.15) is 12.4 Å². The minimum atomic E-state index is -5.08. The van der Waals surface area contributed by atoms with Crippen molar-refractivity contribution < 1.29 is 47.6 Å². The van der Waals surface area contributed by atoms with Gasteiger partial charge in [-0.25, -0.2) is 4.79 Å². The molecule has 0 spiro atoms. The summed E-state index contributed by atoms with van der Waals surface area (Å²) in [6.45, 7) is 5.70. The molecule has 2 atom stereocenters. The molecule has 1 aliphatic carbocycles. The minimum absolute atomic E-state index is 0.234. The summed E-state index contributed by atoms with van der Waals surface area (Å²) in [6, 6.07) is 7.85. The molecule has 0 amide bonds. The number of fused-ring (bicyclic) bond motifs is 1. The first-order valence-electron chi connectivity index (χ1n) is 9.48. The van der Waals surface area contributed by atoms with E-state index in [0.717, 1.165) is 11.3 Å². The highest BCUT2D eigenvalue weighted by Crippen LogP contribution is 2.68. The number of rotatable bonds is 7. The average Bonchev–Trinajstić information content (AvgIpc) is 3.20. The summed E-state index contributed by atoms with van der Waals surface area (Å²) in [5.74, 6) is -3.58. The molecular formula is C20H24F3NO7. The van der Waals surface area contributed by atoms with Gasteiger partial charge in [-0.15, -0.1) is 0 Å². The highest BCUT2D eigenvalue weighted by Gasteiger charge is 2.80. The Balaban J connectivity index is 0.000000423. The third-order valence-electron chi connectivity index (χ3n) is 5.65.